The lowest BCUT2D eigenvalue weighted by molar-refractivity contribution is -0.138. The number of alkyl halides is 5. The van der Waals surface area contributed by atoms with E-state index in [4.69, 9.17) is 5.26 Å². The number of halogens is 5. The molecule has 0 bridgehead atoms. The maximum absolute atomic E-state index is 13.8. The monoisotopic (exact) mass is 1140 g/mol. The predicted octanol–water partition coefficient (Wildman–Crippen LogP) is 10.6. The molecule has 0 aliphatic heterocycles. The van der Waals surface area contributed by atoms with Gasteiger partial charge in [-0.05, 0) is 98.4 Å². The lowest BCUT2D eigenvalue weighted by Gasteiger charge is -2.26. The van der Waals surface area contributed by atoms with Crippen LogP contribution < -0.4 is 26.6 Å². The van der Waals surface area contributed by atoms with E-state index in [2.05, 4.69) is 98.7 Å². The topological polar surface area (TPSA) is 282 Å². The minimum absolute atomic E-state index is 0.0632. The predicted molar refractivity (Wildman–Crippen MR) is 305 cm³/mol. The third-order valence-corrected chi connectivity index (χ3v) is 13.4. The van der Waals surface area contributed by atoms with Crippen molar-refractivity contribution in [2.75, 3.05) is 46.3 Å². The fourth-order valence-electron chi connectivity index (χ4n) is 8.58. The Bertz CT molecular complexity index is 3400. The number of aryl methyl sites for hydroxylation is 3. The van der Waals surface area contributed by atoms with E-state index < -0.39 is 23.1 Å². The van der Waals surface area contributed by atoms with Crippen molar-refractivity contribution in [1.29, 1.82) is 15.8 Å². The molecule has 0 atom stereocenters. The van der Waals surface area contributed by atoms with E-state index in [1.54, 1.807) is 12.3 Å². The van der Waals surface area contributed by atoms with Gasteiger partial charge >= 0.3 is 6.18 Å². The third-order valence-electron chi connectivity index (χ3n) is 13.4. The highest BCUT2D eigenvalue weighted by Crippen LogP contribution is 2.33. The summed E-state index contributed by atoms with van der Waals surface area (Å²) in [6.45, 7) is 9.26. The molecule has 434 valence electrons. The molecule has 1 fully saturated rings. The van der Waals surface area contributed by atoms with E-state index in [1.165, 1.54) is 60.2 Å². The molecule has 0 spiro atoms. The average Bonchev–Trinajstić information content (AvgIpc) is 3.56. The van der Waals surface area contributed by atoms with Gasteiger partial charge in [-0.1, -0.05) is 74.0 Å². The van der Waals surface area contributed by atoms with Crippen LogP contribution in [-0.4, -0.2) is 82.0 Å². The zero-order valence-corrected chi connectivity index (χ0v) is 46.7. The largest absolute Gasteiger partial charge is 0.416 e. The zero-order chi connectivity index (χ0) is 60.2. The van der Waals surface area contributed by atoms with Gasteiger partial charge in [-0.2, -0.15) is 38.9 Å². The smallest absolute Gasteiger partial charge is 0.396 e. The second kappa shape index (κ2) is 29.7. The summed E-state index contributed by atoms with van der Waals surface area (Å²) in [5.74, 6) is -0.784. The minimum atomic E-state index is -4.45. The molecule has 0 saturated heterocycles. The first-order valence-electron chi connectivity index (χ1n) is 26.7. The molecule has 1 aliphatic rings. The number of rotatable bonds is 20. The molecule has 0 radical (unpaired) electrons. The summed E-state index contributed by atoms with van der Waals surface area (Å²) in [4.78, 5) is 29.4. The van der Waals surface area contributed by atoms with Crippen LogP contribution in [0.15, 0.2) is 104 Å². The molecule has 0 amide bonds. The Morgan fingerprint density at radius 2 is 1.28 bits per heavy atom. The van der Waals surface area contributed by atoms with Gasteiger partial charge in [-0.15, -0.1) is 0 Å². The SMILES string of the molecule is CC(C)(CO)CNc1nc(NCc2ccccc2C(F)(F)F)ncc1C#N.Cc1c(CO)cccc1Nc1nc(CCc2cnccc2C(C)(F)F)ncc1C#N.Cc1cccc(CCNc2ncc(C#N)c(NC3CCC(O)CC3)n2)c1. The Balaban J connectivity index is 0.000000201. The van der Waals surface area contributed by atoms with Crippen molar-refractivity contribution in [2.24, 2.45) is 5.41 Å². The highest BCUT2D eigenvalue weighted by Gasteiger charge is 2.33. The Morgan fingerprint density at radius 3 is 1.94 bits per heavy atom. The molecular weight excluding hydrogens is 1070 g/mol. The van der Waals surface area contributed by atoms with Crippen LogP contribution in [0.25, 0.3) is 0 Å². The van der Waals surface area contributed by atoms with E-state index in [1.807, 2.05) is 45.0 Å². The summed E-state index contributed by atoms with van der Waals surface area (Å²) in [5, 5.41) is 71.7. The van der Waals surface area contributed by atoms with Crippen molar-refractivity contribution < 1.29 is 37.3 Å². The van der Waals surface area contributed by atoms with Crippen LogP contribution in [0.1, 0.15) is 113 Å². The number of nitrogens with zero attached hydrogens (tertiary/aromatic N) is 10. The highest BCUT2D eigenvalue weighted by atomic mass is 19.4. The van der Waals surface area contributed by atoms with Crippen LogP contribution in [0.4, 0.5) is 57.0 Å². The molecule has 0 unspecified atom stereocenters. The van der Waals surface area contributed by atoms with E-state index in [-0.39, 0.29) is 72.3 Å². The van der Waals surface area contributed by atoms with Crippen molar-refractivity contribution in [3.63, 3.8) is 0 Å². The summed E-state index contributed by atoms with van der Waals surface area (Å²) < 4.78 is 66.8. The summed E-state index contributed by atoms with van der Waals surface area (Å²) in [6.07, 6.45) is 7.20. The van der Waals surface area contributed by atoms with Crippen molar-refractivity contribution in [2.45, 2.75) is 117 Å². The number of aromatic nitrogens is 7. The van der Waals surface area contributed by atoms with Crippen LogP contribution in [0.2, 0.25) is 0 Å². The molecular formula is C60H66F5N15O3. The third kappa shape index (κ3) is 19.1. The van der Waals surface area contributed by atoms with Gasteiger partial charge in [0.15, 0.2) is 5.82 Å². The maximum atomic E-state index is 13.8. The molecule has 8 N–H and O–H groups in total. The molecule has 1 aliphatic carbocycles. The lowest BCUT2D eigenvalue weighted by Crippen LogP contribution is -2.29. The molecule has 18 nitrogen and oxygen atoms in total. The number of anilines is 6. The molecule has 3 aromatic carbocycles. The van der Waals surface area contributed by atoms with E-state index in [9.17, 15) is 47.8 Å². The first kappa shape index (κ1) is 63.2. The van der Waals surface area contributed by atoms with Crippen molar-refractivity contribution in [3.8, 4) is 18.2 Å². The summed E-state index contributed by atoms with van der Waals surface area (Å²) >= 11 is 0. The van der Waals surface area contributed by atoms with Gasteiger partial charge in [0.05, 0.1) is 36.9 Å². The zero-order valence-electron chi connectivity index (χ0n) is 46.7. The van der Waals surface area contributed by atoms with Gasteiger partial charge in [0, 0.05) is 74.7 Å². The molecule has 8 rings (SSSR count). The van der Waals surface area contributed by atoms with E-state index in [0.717, 1.165) is 62.8 Å². The van der Waals surface area contributed by atoms with E-state index >= 15 is 0 Å². The van der Waals surface area contributed by atoms with Crippen molar-refractivity contribution in [3.05, 3.63) is 171 Å². The van der Waals surface area contributed by atoms with Gasteiger partial charge in [-0.3, -0.25) is 4.98 Å². The van der Waals surface area contributed by atoms with Gasteiger partial charge in [0.1, 0.15) is 52.4 Å². The average molecular weight is 1140 g/mol. The molecule has 4 aromatic heterocycles. The quantitative estimate of drug-likeness (QED) is 0.0329. The normalized spacial score (nSPS) is 14.0. The molecule has 23 heteroatoms. The van der Waals surface area contributed by atoms with Crippen LogP contribution >= 0.6 is 0 Å². The number of hydrogen-bond donors (Lipinski definition) is 8. The van der Waals surface area contributed by atoms with Gasteiger partial charge in [0.25, 0.3) is 5.92 Å². The van der Waals surface area contributed by atoms with Gasteiger partial charge < -0.3 is 41.9 Å². The summed E-state index contributed by atoms with van der Waals surface area (Å²) in [5.41, 5.74) is 5.00. The highest BCUT2D eigenvalue weighted by molar-refractivity contribution is 5.66. The van der Waals surface area contributed by atoms with Crippen LogP contribution in [0, 0.1) is 53.3 Å². The molecule has 4 heterocycles. The summed E-state index contributed by atoms with van der Waals surface area (Å²) in [7, 11) is 0. The lowest BCUT2D eigenvalue weighted by atomic mass is 9.93. The van der Waals surface area contributed by atoms with Crippen molar-refractivity contribution in [1.82, 2.24) is 34.9 Å². The Morgan fingerprint density at radius 1 is 0.639 bits per heavy atom. The van der Waals surface area contributed by atoms with Gasteiger partial charge in [0.2, 0.25) is 11.9 Å². The number of benzene rings is 3. The second-order valence-corrected chi connectivity index (χ2v) is 20.6. The number of aliphatic hydroxyl groups is 3. The fourth-order valence-corrected chi connectivity index (χ4v) is 8.58. The number of nitrogens with one attached hydrogen (secondary N) is 5. The van der Waals surface area contributed by atoms with E-state index in [0.29, 0.717) is 53.2 Å². The molecule has 7 aromatic rings. The minimum Gasteiger partial charge on any atom is -0.396 e. The van der Waals surface area contributed by atoms with Crippen molar-refractivity contribution >= 4 is 35.0 Å². The number of nitriles is 3. The fraction of sp³-hybridized carbons (Fsp3) is 0.367. The van der Waals surface area contributed by atoms with Crippen LogP contribution in [0.3, 0.4) is 0 Å². The number of hydrogen-bond acceptors (Lipinski definition) is 18. The Hall–Kier alpha value is -8.95. The number of pyridine rings is 1. The first-order chi connectivity index (χ1) is 39.6. The molecule has 1 saturated carbocycles. The standard InChI is InChI=1S/C22H21F2N5O.C20H25N5O.C18H20F3N5O/c1-14-16(13-30)4-3-5-19(14)28-21-17(10-25)12-27-20(29-21)7-6-15-11-26-9-8-18(15)22(2,23)24;1-14-3-2-4-15(11-14)9-10-22-20-23-13-16(12-21)19(25-20)24-17-5-7-18(26)8-6-17;1-17(2,11-27)10-25-15-13(7-22)9-24-16(26-15)23-8-12-5-3-4-6-14(12)18(19,20)21/h3-5,8-9,11-12,30H,6-7,13H2,1-2H3,(H,27,28,29);2-4,11,13,17-18,26H,5-10H2,1H3,(H2,22,23,24,25);3-6,9,27H,8,10-11H2,1-2H3,(H2,23,24,25,26). The second-order valence-electron chi connectivity index (χ2n) is 20.6. The number of aliphatic hydroxyl groups excluding tert-OH is 3. The molecule has 83 heavy (non-hydrogen) atoms. The Labute approximate surface area is 479 Å². The van der Waals surface area contributed by atoms with Crippen LogP contribution in [0.5, 0.6) is 0 Å². The van der Waals surface area contributed by atoms with Crippen LogP contribution in [-0.2, 0) is 44.5 Å². The first-order valence-corrected chi connectivity index (χ1v) is 26.7. The Kier molecular flexibility index (Phi) is 22.6. The summed E-state index contributed by atoms with van der Waals surface area (Å²) in [6, 6.07) is 26.8. The maximum Gasteiger partial charge on any atom is 0.416 e. The van der Waals surface area contributed by atoms with Gasteiger partial charge in [-0.25, -0.2) is 28.7 Å².